The summed E-state index contributed by atoms with van der Waals surface area (Å²) < 4.78 is 0. The van der Waals surface area contributed by atoms with E-state index in [0.29, 0.717) is 13.1 Å². The largest absolute Gasteiger partial charge is 0.348 e. The monoisotopic (exact) mass is 248 g/mol. The van der Waals surface area contributed by atoms with Gasteiger partial charge in [0.2, 0.25) is 11.8 Å². The van der Waals surface area contributed by atoms with E-state index in [2.05, 4.69) is 5.32 Å². The van der Waals surface area contributed by atoms with Crippen LogP contribution in [-0.4, -0.2) is 29.8 Å². The number of carbonyl (C=O) groups excluding carboxylic acids is 2. The molecule has 0 bridgehead atoms. The molecule has 0 aromatic heterocycles. The smallest absolute Gasteiger partial charge is 0.219 e. The lowest BCUT2D eigenvalue weighted by atomic mass is 10.1. The topological polar surface area (TPSA) is 49.4 Å². The van der Waals surface area contributed by atoms with Gasteiger partial charge < -0.3 is 10.2 Å². The zero-order chi connectivity index (χ0) is 13.5. The van der Waals surface area contributed by atoms with Crippen LogP contribution in [0.4, 0.5) is 0 Å². The van der Waals surface area contributed by atoms with Gasteiger partial charge in [0.1, 0.15) is 0 Å². The molecular weight excluding hydrogens is 228 g/mol. The van der Waals surface area contributed by atoms with Crippen molar-refractivity contribution in [3.63, 3.8) is 0 Å². The van der Waals surface area contributed by atoms with Crippen molar-refractivity contribution in [3.8, 4) is 0 Å². The second-order valence-electron chi connectivity index (χ2n) is 4.22. The molecule has 0 radical (unpaired) electrons. The quantitative estimate of drug-likeness (QED) is 0.862. The first-order valence-corrected chi connectivity index (χ1v) is 6.12. The van der Waals surface area contributed by atoms with E-state index in [1.54, 1.807) is 11.8 Å². The van der Waals surface area contributed by atoms with Gasteiger partial charge in [-0.15, -0.1) is 0 Å². The predicted octanol–water partition coefficient (Wildman–Crippen LogP) is 1.73. The minimum Gasteiger partial charge on any atom is -0.348 e. The lowest BCUT2D eigenvalue weighted by Crippen LogP contribution is -2.39. The van der Waals surface area contributed by atoms with Gasteiger partial charge in [-0.05, 0) is 12.5 Å². The van der Waals surface area contributed by atoms with E-state index in [-0.39, 0.29) is 17.9 Å². The average molecular weight is 248 g/mol. The van der Waals surface area contributed by atoms with E-state index in [4.69, 9.17) is 0 Å². The van der Waals surface area contributed by atoms with Gasteiger partial charge in [-0.3, -0.25) is 9.59 Å². The van der Waals surface area contributed by atoms with Crippen molar-refractivity contribution in [2.24, 2.45) is 0 Å². The van der Waals surface area contributed by atoms with Gasteiger partial charge in [-0.1, -0.05) is 30.3 Å². The Morgan fingerprint density at radius 2 is 1.83 bits per heavy atom. The van der Waals surface area contributed by atoms with Crippen LogP contribution in [0, 0.1) is 0 Å². The molecule has 1 N–H and O–H groups in total. The predicted molar refractivity (Wildman–Crippen MR) is 70.9 cm³/mol. The fourth-order valence-electron chi connectivity index (χ4n) is 1.87. The maximum Gasteiger partial charge on any atom is 0.219 e. The van der Waals surface area contributed by atoms with Gasteiger partial charge in [0, 0.05) is 26.9 Å². The molecular formula is C14H20N2O2. The van der Waals surface area contributed by atoms with Crippen molar-refractivity contribution in [1.29, 1.82) is 0 Å². The highest BCUT2D eigenvalue weighted by Gasteiger charge is 2.17. The van der Waals surface area contributed by atoms with E-state index >= 15 is 0 Å². The van der Waals surface area contributed by atoms with Crippen LogP contribution in [0.2, 0.25) is 0 Å². The van der Waals surface area contributed by atoms with E-state index < -0.39 is 0 Å². The molecule has 0 saturated carbocycles. The maximum absolute atomic E-state index is 11.4. The van der Waals surface area contributed by atoms with Gasteiger partial charge in [0.05, 0.1) is 6.04 Å². The number of hydrogen-bond donors (Lipinski definition) is 1. The van der Waals surface area contributed by atoms with E-state index in [1.807, 2.05) is 37.3 Å². The van der Waals surface area contributed by atoms with Gasteiger partial charge >= 0.3 is 0 Å². The summed E-state index contributed by atoms with van der Waals surface area (Å²) >= 11 is 0. The molecule has 18 heavy (non-hydrogen) atoms. The van der Waals surface area contributed by atoms with Crippen molar-refractivity contribution in [3.05, 3.63) is 35.9 Å². The third-order valence-electron chi connectivity index (χ3n) is 2.81. The fraction of sp³-hybridized carbons (Fsp3) is 0.429. The number of carbonyl (C=O) groups is 2. The molecule has 0 unspecified atom stereocenters. The summed E-state index contributed by atoms with van der Waals surface area (Å²) in [6.07, 6.45) is 0. The summed E-state index contributed by atoms with van der Waals surface area (Å²) in [5.41, 5.74) is 1.01. The Bertz CT molecular complexity index is 404. The molecule has 0 aliphatic heterocycles. The Labute approximate surface area is 108 Å². The van der Waals surface area contributed by atoms with Crippen LogP contribution in [0.25, 0.3) is 0 Å². The summed E-state index contributed by atoms with van der Waals surface area (Å²) in [6.45, 7) is 6.09. The molecule has 4 heteroatoms. The molecule has 1 rings (SSSR count). The average Bonchev–Trinajstić information content (AvgIpc) is 2.34. The first-order valence-electron chi connectivity index (χ1n) is 6.12. The van der Waals surface area contributed by atoms with E-state index in [0.717, 1.165) is 5.56 Å². The second-order valence-corrected chi connectivity index (χ2v) is 4.22. The summed E-state index contributed by atoms with van der Waals surface area (Å²) in [7, 11) is 0. The first kappa shape index (κ1) is 14.2. The van der Waals surface area contributed by atoms with Crippen LogP contribution in [-0.2, 0) is 9.59 Å². The van der Waals surface area contributed by atoms with Gasteiger partial charge in [-0.2, -0.15) is 0 Å². The molecule has 1 aromatic carbocycles. The molecule has 1 atom stereocenters. The number of amides is 2. The molecule has 0 aliphatic rings. The lowest BCUT2D eigenvalue weighted by molar-refractivity contribution is -0.129. The highest BCUT2D eigenvalue weighted by molar-refractivity contribution is 5.74. The minimum atomic E-state index is -0.160. The number of nitrogens with zero attached hydrogens (tertiary/aromatic N) is 1. The van der Waals surface area contributed by atoms with E-state index in [1.165, 1.54) is 6.92 Å². The normalized spacial score (nSPS) is 11.7. The van der Waals surface area contributed by atoms with Crippen LogP contribution < -0.4 is 5.32 Å². The van der Waals surface area contributed by atoms with Crippen LogP contribution >= 0.6 is 0 Å². The van der Waals surface area contributed by atoms with Crippen molar-refractivity contribution in [1.82, 2.24) is 10.2 Å². The molecule has 0 spiro atoms. The first-order chi connectivity index (χ1) is 8.54. The lowest BCUT2D eigenvalue weighted by Gasteiger charge is -2.26. The second kappa shape index (κ2) is 6.79. The van der Waals surface area contributed by atoms with Gasteiger partial charge in [0.25, 0.3) is 0 Å². The Morgan fingerprint density at radius 3 is 2.28 bits per heavy atom. The van der Waals surface area contributed by atoms with Crippen molar-refractivity contribution >= 4 is 11.8 Å². The molecule has 2 amide bonds. The highest BCUT2D eigenvalue weighted by atomic mass is 16.2. The number of hydrogen-bond acceptors (Lipinski definition) is 2. The molecule has 98 valence electrons. The molecule has 0 heterocycles. The number of nitrogens with one attached hydrogen (secondary N) is 1. The molecule has 0 aliphatic carbocycles. The fourth-order valence-corrected chi connectivity index (χ4v) is 1.87. The Balaban J connectivity index is 2.85. The summed E-state index contributed by atoms with van der Waals surface area (Å²) in [5, 5.41) is 2.88. The number of rotatable bonds is 5. The van der Waals surface area contributed by atoms with E-state index in [9.17, 15) is 9.59 Å². The zero-order valence-corrected chi connectivity index (χ0v) is 11.1. The third kappa shape index (κ3) is 4.20. The zero-order valence-electron chi connectivity index (χ0n) is 11.1. The van der Waals surface area contributed by atoms with Gasteiger partial charge in [0.15, 0.2) is 0 Å². The van der Waals surface area contributed by atoms with Crippen LogP contribution in [0.15, 0.2) is 30.3 Å². The number of likely N-dealkylation sites (N-methyl/N-ethyl adjacent to an activating group) is 1. The highest BCUT2D eigenvalue weighted by Crippen LogP contribution is 2.14. The molecule has 0 fully saturated rings. The molecule has 1 aromatic rings. The summed E-state index contributed by atoms with van der Waals surface area (Å²) in [5.74, 6) is -0.0766. The van der Waals surface area contributed by atoms with Crippen molar-refractivity contribution in [2.45, 2.75) is 26.8 Å². The van der Waals surface area contributed by atoms with Crippen LogP contribution in [0.1, 0.15) is 32.4 Å². The number of benzene rings is 1. The SMILES string of the molecule is CCN(C[C@H](NC(C)=O)c1ccccc1)C(C)=O. The summed E-state index contributed by atoms with van der Waals surface area (Å²) in [6, 6.07) is 9.52. The van der Waals surface area contributed by atoms with Crippen molar-refractivity contribution in [2.75, 3.05) is 13.1 Å². The summed E-state index contributed by atoms with van der Waals surface area (Å²) in [4.78, 5) is 24.4. The minimum absolute atomic E-state index is 0.0174. The Kier molecular flexibility index (Phi) is 5.36. The third-order valence-corrected chi connectivity index (χ3v) is 2.81. The van der Waals surface area contributed by atoms with Crippen LogP contribution in [0.5, 0.6) is 0 Å². The Hall–Kier alpha value is -1.84. The van der Waals surface area contributed by atoms with Crippen LogP contribution in [0.3, 0.4) is 0 Å². The van der Waals surface area contributed by atoms with Gasteiger partial charge in [-0.25, -0.2) is 0 Å². The van der Waals surface area contributed by atoms with Crippen molar-refractivity contribution < 1.29 is 9.59 Å². The molecule has 0 saturated heterocycles. The Morgan fingerprint density at radius 1 is 1.22 bits per heavy atom. The molecule has 4 nitrogen and oxygen atoms in total. The standard InChI is InChI=1S/C14H20N2O2/c1-4-16(12(3)18)10-14(15-11(2)17)13-8-6-5-7-9-13/h5-9,14H,4,10H2,1-3H3,(H,15,17)/t14-/m0/s1. The maximum atomic E-state index is 11.4.